The number of hydrogen-bond donors (Lipinski definition) is 1. The Hall–Kier alpha value is -1.11. The Morgan fingerprint density at radius 1 is 1.58 bits per heavy atom. The molecule has 5 nitrogen and oxygen atoms in total. The zero-order chi connectivity index (χ0) is 13.2. The second-order valence-corrected chi connectivity index (χ2v) is 5.16. The van der Waals surface area contributed by atoms with Crippen LogP contribution < -0.4 is 10.4 Å². The molecule has 0 spiro atoms. The third kappa shape index (κ3) is 2.48. The van der Waals surface area contributed by atoms with Gasteiger partial charge in [-0.05, 0) is 6.07 Å². The molecule has 6 heteroatoms. The first-order valence-electron chi connectivity index (χ1n) is 6.83. The van der Waals surface area contributed by atoms with Gasteiger partial charge in [-0.1, -0.05) is 5.46 Å². The molecule has 2 aliphatic rings. The van der Waals surface area contributed by atoms with Gasteiger partial charge >= 0.3 is 0 Å². The van der Waals surface area contributed by atoms with E-state index in [0.717, 1.165) is 37.3 Å². The summed E-state index contributed by atoms with van der Waals surface area (Å²) in [5, 5.41) is 8.94. The Morgan fingerprint density at radius 3 is 3.32 bits per heavy atom. The second-order valence-electron chi connectivity index (χ2n) is 5.16. The first kappa shape index (κ1) is 12.9. The summed E-state index contributed by atoms with van der Waals surface area (Å²) >= 11 is 0. The summed E-state index contributed by atoms with van der Waals surface area (Å²) in [6, 6.07) is 2.53. The average Bonchev–Trinajstić information content (AvgIpc) is 2.44. The number of fused-ring (bicyclic) bond motifs is 3. The number of rotatable bonds is 3. The molecule has 2 atom stereocenters. The summed E-state index contributed by atoms with van der Waals surface area (Å²) in [5.74, 6) is 0. The molecule has 1 aromatic rings. The number of ether oxygens (including phenoxy) is 2. The van der Waals surface area contributed by atoms with Crippen molar-refractivity contribution in [2.45, 2.75) is 18.6 Å². The summed E-state index contributed by atoms with van der Waals surface area (Å²) < 4.78 is 11.3. The number of aromatic nitrogens is 1. The monoisotopic (exact) mass is 262 g/mol. The minimum atomic E-state index is -0.0364. The first-order chi connectivity index (χ1) is 9.29. The smallest absolute Gasteiger partial charge is 0.141 e. The van der Waals surface area contributed by atoms with E-state index >= 15 is 0 Å². The largest absolute Gasteiger partial charge is 0.394 e. The highest BCUT2D eigenvalue weighted by molar-refractivity contribution is 6.32. The molecule has 3 heterocycles. The van der Waals surface area contributed by atoms with Crippen LogP contribution in [0.1, 0.15) is 18.2 Å². The van der Waals surface area contributed by atoms with Crippen molar-refractivity contribution in [1.82, 2.24) is 4.98 Å². The van der Waals surface area contributed by atoms with Crippen molar-refractivity contribution in [3.63, 3.8) is 0 Å². The lowest BCUT2D eigenvalue weighted by Gasteiger charge is -2.44. The van der Waals surface area contributed by atoms with Gasteiger partial charge < -0.3 is 19.5 Å². The van der Waals surface area contributed by atoms with E-state index in [1.54, 1.807) is 0 Å². The van der Waals surface area contributed by atoms with Gasteiger partial charge in [0.1, 0.15) is 14.0 Å². The van der Waals surface area contributed by atoms with E-state index in [0.29, 0.717) is 12.6 Å². The van der Waals surface area contributed by atoms with Crippen molar-refractivity contribution in [1.29, 1.82) is 0 Å². The van der Waals surface area contributed by atoms with Crippen LogP contribution in [0, 0.1) is 0 Å². The number of hydrogen-bond acceptors (Lipinski definition) is 5. The molecule has 0 saturated carbocycles. The molecular weight excluding hydrogens is 243 g/mol. The van der Waals surface area contributed by atoms with Crippen LogP contribution in [0.3, 0.4) is 0 Å². The molecule has 1 aromatic heterocycles. The molecule has 0 aromatic carbocycles. The van der Waals surface area contributed by atoms with Crippen molar-refractivity contribution in [2.24, 2.45) is 0 Å². The van der Waals surface area contributed by atoms with Crippen LogP contribution in [0.15, 0.2) is 12.3 Å². The van der Waals surface area contributed by atoms with Gasteiger partial charge in [-0.2, -0.15) is 0 Å². The minimum absolute atomic E-state index is 0.0364. The number of anilines is 1. The van der Waals surface area contributed by atoms with E-state index in [1.807, 2.05) is 6.20 Å². The van der Waals surface area contributed by atoms with Crippen LogP contribution in [0.4, 0.5) is 5.69 Å². The van der Waals surface area contributed by atoms with E-state index in [9.17, 15) is 0 Å². The van der Waals surface area contributed by atoms with Gasteiger partial charge in [-0.25, -0.2) is 0 Å². The van der Waals surface area contributed by atoms with Gasteiger partial charge in [0.2, 0.25) is 0 Å². The number of pyridine rings is 1. The predicted octanol–water partition coefficient (Wildman–Crippen LogP) is -1.00. The van der Waals surface area contributed by atoms with Crippen LogP contribution in [0.5, 0.6) is 0 Å². The summed E-state index contributed by atoms with van der Waals surface area (Å²) in [4.78, 5) is 6.94. The molecule has 3 rings (SSSR count). The number of morpholine rings is 1. The molecule has 0 bridgehead atoms. The first-order valence-corrected chi connectivity index (χ1v) is 6.83. The third-order valence-corrected chi connectivity index (χ3v) is 3.77. The van der Waals surface area contributed by atoms with Crippen molar-refractivity contribution in [3.05, 3.63) is 18.0 Å². The Labute approximate surface area is 113 Å². The third-order valence-electron chi connectivity index (χ3n) is 3.77. The summed E-state index contributed by atoms with van der Waals surface area (Å²) in [7, 11) is 2.06. The SMILES string of the molecule is Bc1cnc2c(c1)N1CCOCC1CC2OCCO. The van der Waals surface area contributed by atoms with E-state index in [-0.39, 0.29) is 12.7 Å². The van der Waals surface area contributed by atoms with Gasteiger partial charge in [0.15, 0.2) is 0 Å². The predicted molar refractivity (Wildman–Crippen MR) is 74.8 cm³/mol. The summed E-state index contributed by atoms with van der Waals surface area (Å²) in [6.07, 6.45) is 2.73. The lowest BCUT2D eigenvalue weighted by Crippen LogP contribution is -2.50. The quantitative estimate of drug-likeness (QED) is 0.708. The second kappa shape index (κ2) is 5.49. The molecular formula is C13H19BN2O3. The van der Waals surface area contributed by atoms with Crippen LogP contribution >= 0.6 is 0 Å². The highest BCUT2D eigenvalue weighted by atomic mass is 16.5. The molecule has 0 amide bonds. The molecule has 102 valence electrons. The van der Waals surface area contributed by atoms with Crippen molar-refractivity contribution in [3.8, 4) is 0 Å². The zero-order valence-corrected chi connectivity index (χ0v) is 11.2. The average molecular weight is 262 g/mol. The van der Waals surface area contributed by atoms with Crippen molar-refractivity contribution < 1.29 is 14.6 Å². The summed E-state index contributed by atoms with van der Waals surface area (Å²) in [6.45, 7) is 2.82. The van der Waals surface area contributed by atoms with E-state index in [1.165, 1.54) is 5.69 Å². The fraction of sp³-hybridized carbons (Fsp3) is 0.615. The lowest BCUT2D eigenvalue weighted by molar-refractivity contribution is -0.00234. The topological polar surface area (TPSA) is 54.8 Å². The van der Waals surface area contributed by atoms with Gasteiger partial charge in [-0.15, -0.1) is 0 Å². The van der Waals surface area contributed by atoms with Crippen LogP contribution in [-0.2, 0) is 9.47 Å². The molecule has 2 unspecified atom stereocenters. The number of nitrogens with zero attached hydrogens (tertiary/aromatic N) is 2. The van der Waals surface area contributed by atoms with Crippen LogP contribution in [0.2, 0.25) is 0 Å². The fourth-order valence-electron chi connectivity index (χ4n) is 2.91. The molecule has 0 radical (unpaired) electrons. The maximum Gasteiger partial charge on any atom is 0.141 e. The molecule has 2 aliphatic heterocycles. The molecule has 0 aliphatic carbocycles. The van der Waals surface area contributed by atoms with Crippen LogP contribution in [0.25, 0.3) is 0 Å². The summed E-state index contributed by atoms with van der Waals surface area (Å²) in [5.41, 5.74) is 3.33. The van der Waals surface area contributed by atoms with Gasteiger partial charge in [-0.3, -0.25) is 4.98 Å². The van der Waals surface area contributed by atoms with Crippen molar-refractivity contribution >= 4 is 19.0 Å². The lowest BCUT2D eigenvalue weighted by atomic mass is 9.91. The van der Waals surface area contributed by atoms with Gasteiger partial charge in [0, 0.05) is 19.2 Å². The van der Waals surface area contributed by atoms with E-state index in [2.05, 4.69) is 23.8 Å². The van der Waals surface area contributed by atoms with Crippen molar-refractivity contribution in [2.75, 3.05) is 37.9 Å². The van der Waals surface area contributed by atoms with Crippen LogP contribution in [-0.4, -0.2) is 57.0 Å². The Bertz CT molecular complexity index is 458. The fourth-order valence-corrected chi connectivity index (χ4v) is 2.91. The molecule has 1 fully saturated rings. The maximum atomic E-state index is 8.94. The Kier molecular flexibility index (Phi) is 3.73. The van der Waals surface area contributed by atoms with E-state index in [4.69, 9.17) is 14.6 Å². The highest BCUT2D eigenvalue weighted by Crippen LogP contribution is 2.38. The molecule has 1 N–H and O–H groups in total. The zero-order valence-electron chi connectivity index (χ0n) is 11.2. The number of aliphatic hydroxyl groups excluding tert-OH is 1. The normalized spacial score (nSPS) is 25.8. The Balaban J connectivity index is 1.93. The maximum absolute atomic E-state index is 8.94. The number of aliphatic hydroxyl groups is 1. The Morgan fingerprint density at radius 2 is 2.47 bits per heavy atom. The minimum Gasteiger partial charge on any atom is -0.394 e. The highest BCUT2D eigenvalue weighted by Gasteiger charge is 2.35. The molecule has 1 saturated heterocycles. The van der Waals surface area contributed by atoms with E-state index < -0.39 is 0 Å². The van der Waals surface area contributed by atoms with Gasteiger partial charge in [0.05, 0.1) is 43.9 Å². The van der Waals surface area contributed by atoms with Gasteiger partial charge in [0.25, 0.3) is 0 Å². The molecule has 19 heavy (non-hydrogen) atoms. The standard InChI is InChI=1S/C13H19BN2O3/c14-9-5-11-13(15-7-9)12(19-4-2-17)6-10-8-18-3-1-16(10)11/h5,7,10,12,17H,1-4,6,8,14H2.